The summed E-state index contributed by atoms with van der Waals surface area (Å²) in [5, 5.41) is 12.4. The van der Waals surface area contributed by atoms with Crippen molar-refractivity contribution in [3.63, 3.8) is 0 Å². The van der Waals surface area contributed by atoms with E-state index < -0.39 is 18.0 Å². The number of carboxylic acids is 1. The van der Waals surface area contributed by atoms with Gasteiger partial charge < -0.3 is 15.2 Å². The Morgan fingerprint density at radius 2 is 2.14 bits per heavy atom. The third-order valence-corrected chi connectivity index (χ3v) is 3.29. The van der Waals surface area contributed by atoms with Crippen molar-refractivity contribution < 1.29 is 23.4 Å². The molecular weight excluding hydrogens is 304 g/mol. The highest BCUT2D eigenvalue weighted by Gasteiger charge is 2.26. The molecule has 1 rings (SSSR count). The maximum absolute atomic E-state index is 12.3. The van der Waals surface area contributed by atoms with Crippen molar-refractivity contribution in [2.45, 2.75) is 33.4 Å². The maximum Gasteiger partial charge on any atom is 0.387 e. The van der Waals surface area contributed by atoms with Gasteiger partial charge in [0.05, 0.1) is 5.41 Å². The van der Waals surface area contributed by atoms with E-state index in [1.807, 2.05) is 0 Å². The summed E-state index contributed by atoms with van der Waals surface area (Å²) in [6.07, 6.45) is 0.411. The summed E-state index contributed by atoms with van der Waals surface area (Å²) >= 11 is 5.83. The minimum absolute atomic E-state index is 0.0550. The van der Waals surface area contributed by atoms with E-state index >= 15 is 0 Å². The molecule has 0 atom stereocenters. The molecule has 7 heteroatoms. The van der Waals surface area contributed by atoms with Crippen molar-refractivity contribution >= 4 is 17.6 Å². The molecule has 0 aliphatic rings. The normalized spacial score (nSPS) is 11.7. The van der Waals surface area contributed by atoms with E-state index in [4.69, 9.17) is 16.7 Å². The van der Waals surface area contributed by atoms with Gasteiger partial charge in [-0.2, -0.15) is 8.78 Å². The van der Waals surface area contributed by atoms with Gasteiger partial charge in [-0.25, -0.2) is 0 Å². The zero-order valence-electron chi connectivity index (χ0n) is 11.8. The molecule has 1 aromatic carbocycles. The zero-order valence-corrected chi connectivity index (χ0v) is 12.6. The molecular formula is C14H18ClF2NO3. The molecule has 0 radical (unpaired) electrons. The molecule has 1 aromatic rings. The van der Waals surface area contributed by atoms with Crippen LogP contribution in [-0.4, -0.2) is 24.2 Å². The number of aliphatic carboxylic acids is 1. The van der Waals surface area contributed by atoms with Crippen LogP contribution < -0.4 is 10.1 Å². The number of alkyl halides is 2. The lowest BCUT2D eigenvalue weighted by atomic mass is 9.90. The SMILES string of the molecule is CC(C)(CCNCc1cc(Cl)ccc1OC(F)F)C(=O)O. The van der Waals surface area contributed by atoms with Gasteiger partial charge in [0.1, 0.15) is 5.75 Å². The average Bonchev–Trinajstić information content (AvgIpc) is 2.37. The van der Waals surface area contributed by atoms with Crippen molar-refractivity contribution in [1.29, 1.82) is 0 Å². The molecule has 0 aliphatic carbocycles. The lowest BCUT2D eigenvalue weighted by Gasteiger charge is -2.19. The summed E-state index contributed by atoms with van der Waals surface area (Å²) in [6.45, 7) is 1.04. The highest BCUT2D eigenvalue weighted by atomic mass is 35.5. The van der Waals surface area contributed by atoms with E-state index in [9.17, 15) is 13.6 Å². The van der Waals surface area contributed by atoms with Crippen molar-refractivity contribution in [3.8, 4) is 5.75 Å². The second-order valence-corrected chi connectivity index (χ2v) is 5.68. The fourth-order valence-corrected chi connectivity index (χ4v) is 1.82. The number of hydrogen-bond donors (Lipinski definition) is 2. The van der Waals surface area contributed by atoms with Gasteiger partial charge in [0, 0.05) is 17.1 Å². The van der Waals surface area contributed by atoms with E-state index in [2.05, 4.69) is 10.1 Å². The van der Waals surface area contributed by atoms with Gasteiger partial charge in [-0.15, -0.1) is 0 Å². The highest BCUT2D eigenvalue weighted by molar-refractivity contribution is 6.30. The minimum atomic E-state index is -2.91. The standard InChI is InChI=1S/C14H18ClF2NO3/c1-14(2,12(19)20)5-6-18-8-9-7-10(15)3-4-11(9)21-13(16)17/h3-4,7,13,18H,5-6,8H2,1-2H3,(H,19,20). The summed E-state index contributed by atoms with van der Waals surface area (Å²) in [5.41, 5.74) is -0.347. The number of ether oxygens (including phenoxy) is 1. The summed E-state index contributed by atoms with van der Waals surface area (Å²) < 4.78 is 29.0. The Bertz CT molecular complexity index is 495. The number of carboxylic acid groups (broad SMARTS) is 1. The van der Waals surface area contributed by atoms with Crippen LogP contribution in [0.3, 0.4) is 0 Å². The molecule has 0 fully saturated rings. The van der Waals surface area contributed by atoms with E-state index in [-0.39, 0.29) is 12.3 Å². The van der Waals surface area contributed by atoms with E-state index in [0.29, 0.717) is 23.6 Å². The number of benzene rings is 1. The Balaban J connectivity index is 2.58. The fourth-order valence-electron chi connectivity index (χ4n) is 1.63. The first-order valence-electron chi connectivity index (χ1n) is 6.40. The van der Waals surface area contributed by atoms with Gasteiger partial charge in [0.25, 0.3) is 0 Å². The van der Waals surface area contributed by atoms with Gasteiger partial charge in [-0.05, 0) is 45.0 Å². The van der Waals surface area contributed by atoms with Gasteiger partial charge in [-0.1, -0.05) is 11.6 Å². The first kappa shape index (κ1) is 17.7. The number of hydrogen-bond acceptors (Lipinski definition) is 3. The van der Waals surface area contributed by atoms with Crippen molar-refractivity contribution in [2.24, 2.45) is 5.41 Å². The molecule has 0 aliphatic heterocycles. The Labute approximate surface area is 127 Å². The van der Waals surface area contributed by atoms with E-state index in [0.717, 1.165) is 0 Å². The average molecular weight is 322 g/mol. The Morgan fingerprint density at radius 3 is 2.71 bits per heavy atom. The molecule has 0 saturated heterocycles. The predicted octanol–water partition coefficient (Wildman–Crippen LogP) is 3.53. The molecule has 0 bridgehead atoms. The van der Waals surface area contributed by atoms with Crippen LogP contribution in [-0.2, 0) is 11.3 Å². The Kier molecular flexibility index (Phi) is 6.36. The molecule has 0 unspecified atom stereocenters. The van der Waals surface area contributed by atoms with Crippen molar-refractivity contribution in [1.82, 2.24) is 5.32 Å². The number of carbonyl (C=O) groups is 1. The highest BCUT2D eigenvalue weighted by Crippen LogP contribution is 2.25. The molecule has 0 aromatic heterocycles. The molecule has 2 N–H and O–H groups in total. The Hall–Kier alpha value is -1.40. The summed E-state index contributed by atoms with van der Waals surface area (Å²) in [6, 6.07) is 4.39. The van der Waals surface area contributed by atoms with Crippen LogP contribution in [0.15, 0.2) is 18.2 Å². The van der Waals surface area contributed by atoms with Crippen LogP contribution in [0.5, 0.6) is 5.75 Å². The van der Waals surface area contributed by atoms with E-state index in [1.165, 1.54) is 18.2 Å². The molecule has 0 heterocycles. The number of rotatable bonds is 8. The van der Waals surface area contributed by atoms with Gasteiger partial charge >= 0.3 is 12.6 Å². The van der Waals surface area contributed by atoms with E-state index in [1.54, 1.807) is 13.8 Å². The number of nitrogens with one attached hydrogen (secondary N) is 1. The number of halogens is 3. The van der Waals surface area contributed by atoms with Crippen LogP contribution in [0, 0.1) is 5.41 Å². The Morgan fingerprint density at radius 1 is 1.48 bits per heavy atom. The first-order valence-corrected chi connectivity index (χ1v) is 6.77. The third-order valence-electron chi connectivity index (χ3n) is 3.06. The lowest BCUT2D eigenvalue weighted by molar-refractivity contribution is -0.147. The minimum Gasteiger partial charge on any atom is -0.481 e. The molecule has 118 valence electrons. The fraction of sp³-hybridized carbons (Fsp3) is 0.500. The largest absolute Gasteiger partial charge is 0.481 e. The molecule has 0 amide bonds. The van der Waals surface area contributed by atoms with Crippen LogP contribution in [0.1, 0.15) is 25.8 Å². The quantitative estimate of drug-likeness (QED) is 0.719. The lowest BCUT2D eigenvalue weighted by Crippen LogP contribution is -2.28. The second kappa shape index (κ2) is 7.56. The molecule has 0 saturated carbocycles. The first-order chi connectivity index (χ1) is 9.72. The summed E-state index contributed by atoms with van der Waals surface area (Å²) in [5.74, 6) is -0.826. The van der Waals surface area contributed by atoms with Gasteiger partial charge in [0.2, 0.25) is 0 Å². The van der Waals surface area contributed by atoms with Crippen molar-refractivity contribution in [3.05, 3.63) is 28.8 Å². The maximum atomic E-state index is 12.3. The second-order valence-electron chi connectivity index (χ2n) is 5.25. The smallest absolute Gasteiger partial charge is 0.387 e. The predicted molar refractivity (Wildman–Crippen MR) is 75.8 cm³/mol. The van der Waals surface area contributed by atoms with Crippen LogP contribution in [0.4, 0.5) is 8.78 Å². The monoisotopic (exact) mass is 321 g/mol. The summed E-state index contributed by atoms with van der Waals surface area (Å²) in [7, 11) is 0. The van der Waals surface area contributed by atoms with Crippen LogP contribution in [0.25, 0.3) is 0 Å². The topological polar surface area (TPSA) is 58.6 Å². The van der Waals surface area contributed by atoms with Crippen LogP contribution in [0.2, 0.25) is 5.02 Å². The zero-order chi connectivity index (χ0) is 16.0. The van der Waals surface area contributed by atoms with Gasteiger partial charge in [0.15, 0.2) is 0 Å². The molecule has 4 nitrogen and oxygen atoms in total. The van der Waals surface area contributed by atoms with Crippen LogP contribution >= 0.6 is 11.6 Å². The summed E-state index contributed by atoms with van der Waals surface area (Å²) in [4.78, 5) is 11.0. The van der Waals surface area contributed by atoms with Crippen molar-refractivity contribution in [2.75, 3.05) is 6.54 Å². The van der Waals surface area contributed by atoms with Gasteiger partial charge in [-0.3, -0.25) is 4.79 Å². The third kappa shape index (κ3) is 5.85. The molecule has 0 spiro atoms. The molecule has 21 heavy (non-hydrogen) atoms.